The second-order valence-electron chi connectivity index (χ2n) is 3.81. The van der Waals surface area contributed by atoms with E-state index in [0.29, 0.717) is 6.54 Å². The van der Waals surface area contributed by atoms with Crippen molar-refractivity contribution in [2.45, 2.75) is 20.0 Å². The minimum atomic E-state index is -0.523. The third-order valence-corrected chi connectivity index (χ3v) is 2.57. The molecule has 1 atom stereocenters. The molecule has 0 aliphatic carbocycles. The number of aliphatic hydroxyl groups is 1. The summed E-state index contributed by atoms with van der Waals surface area (Å²) in [6, 6.07) is 3.63. The molecule has 17 heavy (non-hydrogen) atoms. The van der Waals surface area contributed by atoms with Crippen molar-refractivity contribution in [2.75, 3.05) is 25.0 Å². The van der Waals surface area contributed by atoms with E-state index >= 15 is 0 Å². The van der Waals surface area contributed by atoms with Crippen molar-refractivity contribution in [1.29, 1.82) is 0 Å². The Balaban J connectivity index is 2.78. The Labute approximate surface area is 101 Å². The molecule has 0 saturated heterocycles. The lowest BCUT2D eigenvalue weighted by atomic mass is 10.2. The molecule has 5 nitrogen and oxygen atoms in total. The number of nitrogens with zero attached hydrogens (tertiary/aromatic N) is 2. The van der Waals surface area contributed by atoms with Gasteiger partial charge in [0, 0.05) is 19.8 Å². The normalized spacial score (nSPS) is 12.0. The zero-order valence-corrected chi connectivity index (χ0v) is 10.5. The average molecular weight is 237 g/mol. The Kier molecular flexibility index (Phi) is 4.90. The summed E-state index contributed by atoms with van der Waals surface area (Å²) in [5, 5.41) is 12.0. The van der Waals surface area contributed by atoms with E-state index in [1.165, 1.54) is 0 Å². The third-order valence-electron chi connectivity index (χ3n) is 2.57. The lowest BCUT2D eigenvalue weighted by Gasteiger charge is -2.21. The summed E-state index contributed by atoms with van der Waals surface area (Å²) in [5.74, 6) is 0.689. The van der Waals surface area contributed by atoms with Gasteiger partial charge in [0.25, 0.3) is 0 Å². The van der Waals surface area contributed by atoms with Gasteiger partial charge in [0.2, 0.25) is 5.91 Å². The predicted octanol–water partition coefficient (Wildman–Crippen LogP) is 0.707. The molecule has 0 bridgehead atoms. The average Bonchev–Trinajstić information content (AvgIpc) is 2.35. The lowest BCUT2D eigenvalue weighted by Crippen LogP contribution is -2.35. The largest absolute Gasteiger partial charge is 0.389 e. The van der Waals surface area contributed by atoms with Gasteiger partial charge in [-0.3, -0.25) is 4.79 Å². The van der Waals surface area contributed by atoms with E-state index in [4.69, 9.17) is 0 Å². The number of carbonyl (C=O) groups is 1. The Bertz CT molecular complexity index is 363. The molecule has 1 heterocycles. The van der Waals surface area contributed by atoms with Crippen molar-refractivity contribution in [2.24, 2.45) is 0 Å². The molecule has 94 valence electrons. The molecule has 1 aromatic heterocycles. The number of nitrogens with one attached hydrogen (secondary N) is 1. The first-order chi connectivity index (χ1) is 8.08. The monoisotopic (exact) mass is 237 g/mol. The van der Waals surface area contributed by atoms with Gasteiger partial charge >= 0.3 is 0 Å². The quantitative estimate of drug-likeness (QED) is 0.791. The van der Waals surface area contributed by atoms with E-state index < -0.39 is 6.10 Å². The number of aromatic nitrogens is 1. The summed E-state index contributed by atoms with van der Waals surface area (Å²) in [6.07, 6.45) is 1.11. The second-order valence-corrected chi connectivity index (χ2v) is 3.81. The van der Waals surface area contributed by atoms with Crippen LogP contribution in [0.5, 0.6) is 0 Å². The van der Waals surface area contributed by atoms with Gasteiger partial charge in [0.15, 0.2) is 0 Å². The number of rotatable bonds is 5. The summed E-state index contributed by atoms with van der Waals surface area (Å²) in [6.45, 7) is 4.65. The number of carbonyl (C=O) groups excluding carboxylic acids is 1. The number of pyridine rings is 1. The number of hydrogen-bond acceptors (Lipinski definition) is 4. The van der Waals surface area contributed by atoms with Crippen LogP contribution in [0.3, 0.4) is 0 Å². The molecule has 0 fully saturated rings. The smallest absolute Gasteiger partial charge is 0.239 e. The van der Waals surface area contributed by atoms with E-state index in [-0.39, 0.29) is 12.5 Å². The lowest BCUT2D eigenvalue weighted by molar-refractivity contribution is -0.119. The van der Waals surface area contributed by atoms with Crippen molar-refractivity contribution in [3.63, 3.8) is 0 Å². The van der Waals surface area contributed by atoms with E-state index in [1.54, 1.807) is 20.2 Å². The standard InChI is InChI=1S/C12H19N3O2/c1-4-15(8-12(17)13-3)11-6-5-10(7-14-11)9(2)16/h5-7,9,16H,4,8H2,1-3H3,(H,13,17)/t9-/m1/s1. The molecule has 0 aliphatic heterocycles. The fraction of sp³-hybridized carbons (Fsp3) is 0.500. The van der Waals surface area contributed by atoms with E-state index in [9.17, 15) is 9.90 Å². The molecular formula is C12H19N3O2. The topological polar surface area (TPSA) is 65.5 Å². The zero-order valence-electron chi connectivity index (χ0n) is 10.5. The van der Waals surface area contributed by atoms with Crippen LogP contribution in [0.4, 0.5) is 5.82 Å². The van der Waals surface area contributed by atoms with Crippen LogP contribution in [0.25, 0.3) is 0 Å². The van der Waals surface area contributed by atoms with Crippen LogP contribution >= 0.6 is 0 Å². The van der Waals surface area contributed by atoms with Gasteiger partial charge in [0.1, 0.15) is 5.82 Å². The highest BCUT2D eigenvalue weighted by atomic mass is 16.3. The van der Waals surface area contributed by atoms with Crippen LogP contribution in [-0.4, -0.2) is 36.1 Å². The second kappa shape index (κ2) is 6.20. The molecule has 1 rings (SSSR count). The molecule has 0 radical (unpaired) electrons. The van der Waals surface area contributed by atoms with Crippen LogP contribution in [0.1, 0.15) is 25.5 Å². The highest BCUT2D eigenvalue weighted by Gasteiger charge is 2.10. The van der Waals surface area contributed by atoms with E-state index in [0.717, 1.165) is 11.4 Å². The minimum Gasteiger partial charge on any atom is -0.389 e. The number of anilines is 1. The number of hydrogen-bond donors (Lipinski definition) is 2. The van der Waals surface area contributed by atoms with E-state index in [2.05, 4.69) is 10.3 Å². The summed E-state index contributed by atoms with van der Waals surface area (Å²) in [7, 11) is 1.61. The maximum absolute atomic E-state index is 11.3. The van der Waals surface area contributed by atoms with E-state index in [1.807, 2.05) is 24.0 Å². The molecule has 2 N–H and O–H groups in total. The van der Waals surface area contributed by atoms with Crippen molar-refractivity contribution in [1.82, 2.24) is 10.3 Å². The number of likely N-dealkylation sites (N-methyl/N-ethyl adjacent to an activating group) is 2. The number of amides is 1. The molecule has 1 aromatic rings. The van der Waals surface area contributed by atoms with Crippen molar-refractivity contribution in [3.05, 3.63) is 23.9 Å². The molecule has 0 saturated carbocycles. The summed E-state index contributed by atoms with van der Waals surface area (Å²) < 4.78 is 0. The summed E-state index contributed by atoms with van der Waals surface area (Å²) in [4.78, 5) is 17.4. The maximum atomic E-state index is 11.3. The Morgan fingerprint density at radius 2 is 2.29 bits per heavy atom. The van der Waals surface area contributed by atoms with Crippen LogP contribution < -0.4 is 10.2 Å². The van der Waals surface area contributed by atoms with Crippen LogP contribution in [-0.2, 0) is 4.79 Å². The van der Waals surface area contributed by atoms with Gasteiger partial charge in [-0.1, -0.05) is 6.07 Å². The van der Waals surface area contributed by atoms with Crippen LogP contribution in [0.15, 0.2) is 18.3 Å². The Morgan fingerprint density at radius 1 is 1.59 bits per heavy atom. The maximum Gasteiger partial charge on any atom is 0.239 e. The van der Waals surface area contributed by atoms with Crippen molar-refractivity contribution in [3.8, 4) is 0 Å². The van der Waals surface area contributed by atoms with Gasteiger partial charge in [-0.2, -0.15) is 0 Å². The van der Waals surface area contributed by atoms with Gasteiger partial charge in [-0.05, 0) is 25.5 Å². The highest BCUT2D eigenvalue weighted by Crippen LogP contribution is 2.15. The van der Waals surface area contributed by atoms with Gasteiger partial charge < -0.3 is 15.3 Å². The first-order valence-corrected chi connectivity index (χ1v) is 5.68. The predicted molar refractivity (Wildman–Crippen MR) is 66.8 cm³/mol. The molecule has 1 amide bonds. The van der Waals surface area contributed by atoms with Gasteiger partial charge in [0.05, 0.1) is 12.6 Å². The van der Waals surface area contributed by atoms with Crippen LogP contribution in [0, 0.1) is 0 Å². The third kappa shape index (κ3) is 3.71. The van der Waals surface area contributed by atoms with Gasteiger partial charge in [-0.15, -0.1) is 0 Å². The molecule has 0 aromatic carbocycles. The number of aliphatic hydroxyl groups excluding tert-OH is 1. The Morgan fingerprint density at radius 3 is 2.71 bits per heavy atom. The molecular weight excluding hydrogens is 218 g/mol. The zero-order chi connectivity index (χ0) is 12.8. The first kappa shape index (κ1) is 13.4. The highest BCUT2D eigenvalue weighted by molar-refractivity contribution is 5.80. The molecule has 0 aliphatic rings. The fourth-order valence-electron chi connectivity index (χ4n) is 1.44. The fourth-order valence-corrected chi connectivity index (χ4v) is 1.44. The first-order valence-electron chi connectivity index (χ1n) is 5.68. The van der Waals surface area contributed by atoms with Crippen LogP contribution in [0.2, 0.25) is 0 Å². The van der Waals surface area contributed by atoms with Gasteiger partial charge in [-0.25, -0.2) is 4.98 Å². The Hall–Kier alpha value is -1.62. The SMILES string of the molecule is CCN(CC(=O)NC)c1ccc([C@@H](C)O)cn1. The molecule has 0 unspecified atom stereocenters. The minimum absolute atomic E-state index is 0.0479. The molecule has 0 spiro atoms. The van der Waals surface area contributed by atoms with Crippen molar-refractivity contribution >= 4 is 11.7 Å². The van der Waals surface area contributed by atoms with Crippen molar-refractivity contribution < 1.29 is 9.90 Å². The molecule has 5 heteroatoms. The summed E-state index contributed by atoms with van der Waals surface area (Å²) >= 11 is 0. The summed E-state index contributed by atoms with van der Waals surface area (Å²) in [5.41, 5.74) is 0.768.